The summed E-state index contributed by atoms with van der Waals surface area (Å²) in [5, 5.41) is 1.60. The van der Waals surface area contributed by atoms with Crippen molar-refractivity contribution in [1.82, 2.24) is 14.5 Å². The molecule has 20 heavy (non-hydrogen) atoms. The van der Waals surface area contributed by atoms with Crippen LogP contribution >= 0.6 is 15.9 Å². The molecule has 4 nitrogen and oxygen atoms in total. The molecule has 4 rings (SSSR count). The number of aromatic amines is 1. The monoisotopic (exact) mass is 329 g/mol. The summed E-state index contributed by atoms with van der Waals surface area (Å²) in [5.41, 5.74) is 2.03. The van der Waals surface area contributed by atoms with Gasteiger partial charge in [0, 0.05) is 33.9 Å². The minimum absolute atomic E-state index is 0.0763. The highest BCUT2D eigenvalue weighted by molar-refractivity contribution is 9.10. The fraction of sp³-hybridized carbons (Fsp3) is 0.200. The SMILES string of the molecule is O=c1[nH]cc(Br)c2ccc(-n3cnc(C4CC4)c3)cc12. The van der Waals surface area contributed by atoms with Crippen LogP contribution in [0.4, 0.5) is 0 Å². The zero-order valence-corrected chi connectivity index (χ0v) is 12.2. The van der Waals surface area contributed by atoms with E-state index in [4.69, 9.17) is 0 Å². The van der Waals surface area contributed by atoms with Gasteiger partial charge >= 0.3 is 0 Å². The van der Waals surface area contributed by atoms with Gasteiger partial charge in [-0.05, 0) is 40.9 Å². The highest BCUT2D eigenvalue weighted by Crippen LogP contribution is 2.39. The molecule has 0 aliphatic heterocycles. The van der Waals surface area contributed by atoms with Crippen LogP contribution in [0.3, 0.4) is 0 Å². The second-order valence-corrected chi connectivity index (χ2v) is 6.03. The number of hydrogen-bond donors (Lipinski definition) is 1. The van der Waals surface area contributed by atoms with Gasteiger partial charge in [-0.2, -0.15) is 0 Å². The average molecular weight is 330 g/mol. The van der Waals surface area contributed by atoms with E-state index in [1.54, 1.807) is 6.20 Å². The lowest BCUT2D eigenvalue weighted by molar-refractivity contribution is 1.05. The third-order valence-electron chi connectivity index (χ3n) is 3.73. The lowest BCUT2D eigenvalue weighted by atomic mass is 10.1. The number of halogens is 1. The molecule has 1 aliphatic rings. The Morgan fingerprint density at radius 3 is 2.95 bits per heavy atom. The van der Waals surface area contributed by atoms with Crippen LogP contribution in [0.5, 0.6) is 0 Å². The minimum atomic E-state index is -0.0763. The summed E-state index contributed by atoms with van der Waals surface area (Å²) in [6.45, 7) is 0. The maximum atomic E-state index is 11.9. The summed E-state index contributed by atoms with van der Waals surface area (Å²) in [5.74, 6) is 0.634. The van der Waals surface area contributed by atoms with E-state index < -0.39 is 0 Å². The van der Waals surface area contributed by atoms with Crippen LogP contribution in [0.25, 0.3) is 16.5 Å². The molecule has 1 aromatic carbocycles. The summed E-state index contributed by atoms with van der Waals surface area (Å²) >= 11 is 3.45. The topological polar surface area (TPSA) is 50.7 Å². The van der Waals surface area contributed by atoms with Crippen LogP contribution in [-0.4, -0.2) is 14.5 Å². The van der Waals surface area contributed by atoms with Crippen LogP contribution in [0.1, 0.15) is 24.5 Å². The minimum Gasteiger partial charge on any atom is -0.327 e. The fourth-order valence-corrected chi connectivity index (χ4v) is 2.90. The van der Waals surface area contributed by atoms with E-state index >= 15 is 0 Å². The van der Waals surface area contributed by atoms with Crippen molar-refractivity contribution in [3.8, 4) is 5.69 Å². The molecule has 5 heteroatoms. The van der Waals surface area contributed by atoms with Crippen LogP contribution in [0.15, 0.2) is 46.2 Å². The molecule has 0 unspecified atom stereocenters. The van der Waals surface area contributed by atoms with Crippen molar-refractivity contribution in [2.75, 3.05) is 0 Å². The molecule has 0 bridgehead atoms. The highest BCUT2D eigenvalue weighted by Gasteiger charge is 2.25. The van der Waals surface area contributed by atoms with Gasteiger partial charge in [-0.25, -0.2) is 4.98 Å². The van der Waals surface area contributed by atoms with Crippen molar-refractivity contribution in [2.45, 2.75) is 18.8 Å². The molecule has 2 aromatic heterocycles. The number of aromatic nitrogens is 3. The van der Waals surface area contributed by atoms with Crippen molar-refractivity contribution in [3.05, 3.63) is 57.4 Å². The number of imidazole rings is 1. The zero-order valence-electron chi connectivity index (χ0n) is 10.6. The molecular formula is C15H12BrN3O. The summed E-state index contributed by atoms with van der Waals surface area (Å²) in [4.78, 5) is 19.1. The average Bonchev–Trinajstić information content (AvgIpc) is 3.20. The molecule has 2 heterocycles. The maximum Gasteiger partial charge on any atom is 0.255 e. The van der Waals surface area contributed by atoms with Crippen molar-refractivity contribution < 1.29 is 0 Å². The van der Waals surface area contributed by atoms with Crippen LogP contribution in [0.2, 0.25) is 0 Å². The number of nitrogens with zero attached hydrogens (tertiary/aromatic N) is 2. The third-order valence-corrected chi connectivity index (χ3v) is 4.39. The molecule has 0 spiro atoms. The molecule has 100 valence electrons. The molecule has 0 atom stereocenters. The Kier molecular flexibility index (Phi) is 2.57. The smallest absolute Gasteiger partial charge is 0.255 e. The molecular weight excluding hydrogens is 318 g/mol. The molecule has 1 N–H and O–H groups in total. The van der Waals surface area contributed by atoms with E-state index in [-0.39, 0.29) is 5.56 Å². The summed E-state index contributed by atoms with van der Waals surface area (Å²) < 4.78 is 2.87. The second kappa shape index (κ2) is 4.31. The van der Waals surface area contributed by atoms with Crippen LogP contribution in [-0.2, 0) is 0 Å². The van der Waals surface area contributed by atoms with Gasteiger partial charge in [-0.15, -0.1) is 0 Å². The van der Waals surface area contributed by atoms with Crippen LogP contribution in [0, 0.1) is 0 Å². The number of nitrogens with one attached hydrogen (secondary N) is 1. The van der Waals surface area contributed by atoms with E-state index in [1.165, 1.54) is 12.8 Å². The van der Waals surface area contributed by atoms with E-state index in [0.29, 0.717) is 11.3 Å². The molecule has 0 radical (unpaired) electrons. The third kappa shape index (κ3) is 1.89. The number of H-pyrrole nitrogens is 1. The van der Waals surface area contributed by atoms with Gasteiger partial charge in [-0.3, -0.25) is 4.79 Å². The molecule has 0 amide bonds. The maximum absolute atomic E-state index is 11.9. The van der Waals surface area contributed by atoms with Crippen molar-refractivity contribution in [1.29, 1.82) is 0 Å². The normalized spacial score (nSPS) is 14.8. The fourth-order valence-electron chi connectivity index (χ4n) is 2.44. The van der Waals surface area contributed by atoms with Gasteiger partial charge in [0.1, 0.15) is 0 Å². The van der Waals surface area contributed by atoms with Gasteiger partial charge < -0.3 is 9.55 Å². The standard InChI is InChI=1S/C15H12BrN3O/c16-13-6-17-15(20)12-5-10(3-4-11(12)13)19-7-14(18-8-19)9-1-2-9/h3-9H,1-2H2,(H,17,20). The van der Waals surface area contributed by atoms with Gasteiger partial charge in [0.25, 0.3) is 5.56 Å². The predicted octanol–water partition coefficient (Wildman–Crippen LogP) is 3.35. The molecule has 1 aliphatic carbocycles. The molecule has 1 fully saturated rings. The van der Waals surface area contributed by atoms with E-state index in [9.17, 15) is 4.79 Å². The quantitative estimate of drug-likeness (QED) is 0.783. The van der Waals surface area contributed by atoms with Crippen molar-refractivity contribution in [2.24, 2.45) is 0 Å². The Morgan fingerprint density at radius 2 is 2.15 bits per heavy atom. The molecule has 0 saturated heterocycles. The van der Waals surface area contributed by atoms with Gasteiger partial charge in [0.05, 0.1) is 17.4 Å². The lowest BCUT2D eigenvalue weighted by Crippen LogP contribution is -2.06. The Hall–Kier alpha value is -1.88. The van der Waals surface area contributed by atoms with Crippen molar-refractivity contribution >= 4 is 26.7 Å². The first kappa shape index (κ1) is 11.9. The molecule has 1 saturated carbocycles. The Bertz CT molecular complexity index is 861. The summed E-state index contributed by atoms with van der Waals surface area (Å²) in [6.07, 6.45) is 8.03. The summed E-state index contributed by atoms with van der Waals surface area (Å²) in [7, 11) is 0. The highest BCUT2D eigenvalue weighted by atomic mass is 79.9. The van der Waals surface area contributed by atoms with Gasteiger partial charge in [0.15, 0.2) is 0 Å². The Balaban J connectivity index is 1.87. The molecule has 3 aromatic rings. The summed E-state index contributed by atoms with van der Waals surface area (Å²) in [6, 6.07) is 5.86. The Morgan fingerprint density at radius 1 is 1.30 bits per heavy atom. The first-order chi connectivity index (χ1) is 9.72. The number of rotatable bonds is 2. The number of hydrogen-bond acceptors (Lipinski definition) is 2. The second-order valence-electron chi connectivity index (χ2n) is 5.18. The predicted molar refractivity (Wildman–Crippen MR) is 81.4 cm³/mol. The first-order valence-electron chi connectivity index (χ1n) is 6.57. The van der Waals surface area contributed by atoms with Gasteiger partial charge in [0.2, 0.25) is 0 Å². The number of fused-ring (bicyclic) bond motifs is 1. The van der Waals surface area contributed by atoms with Crippen molar-refractivity contribution in [3.63, 3.8) is 0 Å². The van der Waals surface area contributed by atoms with E-state index in [2.05, 4.69) is 32.1 Å². The largest absolute Gasteiger partial charge is 0.327 e. The number of benzene rings is 1. The zero-order chi connectivity index (χ0) is 13.7. The van der Waals surface area contributed by atoms with Crippen LogP contribution < -0.4 is 5.56 Å². The lowest BCUT2D eigenvalue weighted by Gasteiger charge is -2.05. The van der Waals surface area contributed by atoms with E-state index in [0.717, 1.165) is 21.2 Å². The number of pyridine rings is 1. The first-order valence-corrected chi connectivity index (χ1v) is 7.37. The van der Waals surface area contributed by atoms with Gasteiger partial charge in [-0.1, -0.05) is 6.07 Å². The van der Waals surface area contributed by atoms with E-state index in [1.807, 2.05) is 29.1 Å². The Labute approximate surface area is 123 Å².